The fraction of sp³-hybridized carbons (Fsp3) is 0.158. The first-order valence-electron chi connectivity index (χ1n) is 7.39. The van der Waals surface area contributed by atoms with Crippen molar-refractivity contribution >= 4 is 29.4 Å². The average molecular weight is 361 g/mol. The third-order valence-corrected chi connectivity index (χ3v) is 3.58. The topological polar surface area (TPSA) is 61.8 Å². The molecule has 0 amide bonds. The molecule has 0 saturated carbocycles. The molecule has 0 heterocycles. The Bertz CT molecular complexity index is 781. The number of ketones is 1. The first-order valence-corrected chi connectivity index (χ1v) is 7.77. The van der Waals surface area contributed by atoms with Crippen molar-refractivity contribution in [1.29, 1.82) is 0 Å². The van der Waals surface area contributed by atoms with E-state index in [9.17, 15) is 9.59 Å². The second-order valence-corrected chi connectivity index (χ2v) is 5.42. The van der Waals surface area contributed by atoms with E-state index in [1.165, 1.54) is 20.3 Å². The summed E-state index contributed by atoms with van der Waals surface area (Å²) in [4.78, 5) is 23.8. The lowest BCUT2D eigenvalue weighted by molar-refractivity contribution is -0.136. The highest BCUT2D eigenvalue weighted by molar-refractivity contribution is 6.30. The van der Waals surface area contributed by atoms with Crippen molar-refractivity contribution in [3.05, 3.63) is 64.7 Å². The minimum absolute atomic E-state index is 0.339. The van der Waals surface area contributed by atoms with Gasteiger partial charge >= 0.3 is 5.97 Å². The first-order chi connectivity index (χ1) is 12.0. The maximum atomic E-state index is 12.1. The van der Waals surface area contributed by atoms with Gasteiger partial charge in [0.25, 0.3) is 0 Å². The second kappa shape index (κ2) is 8.89. The lowest BCUT2D eigenvalue weighted by Gasteiger charge is -2.09. The van der Waals surface area contributed by atoms with Gasteiger partial charge in [-0.2, -0.15) is 0 Å². The van der Waals surface area contributed by atoms with Crippen molar-refractivity contribution in [2.75, 3.05) is 20.8 Å². The molecule has 2 rings (SSSR count). The molecule has 0 radical (unpaired) electrons. The monoisotopic (exact) mass is 360 g/mol. The van der Waals surface area contributed by atoms with Gasteiger partial charge in [0.1, 0.15) is 0 Å². The van der Waals surface area contributed by atoms with Gasteiger partial charge in [0.05, 0.1) is 14.2 Å². The van der Waals surface area contributed by atoms with Crippen LogP contribution >= 0.6 is 11.6 Å². The van der Waals surface area contributed by atoms with Gasteiger partial charge in [0.2, 0.25) is 0 Å². The molecule has 0 unspecified atom stereocenters. The van der Waals surface area contributed by atoms with E-state index in [1.807, 2.05) is 0 Å². The van der Waals surface area contributed by atoms with Crippen molar-refractivity contribution in [2.45, 2.75) is 0 Å². The van der Waals surface area contributed by atoms with E-state index in [2.05, 4.69) is 0 Å². The summed E-state index contributed by atoms with van der Waals surface area (Å²) in [6.07, 6.45) is 2.84. The number of carbonyl (C=O) groups excluding carboxylic acids is 2. The molecule has 2 aromatic carbocycles. The molecule has 0 aromatic heterocycles. The molecule has 130 valence electrons. The predicted molar refractivity (Wildman–Crippen MR) is 95.3 cm³/mol. The van der Waals surface area contributed by atoms with E-state index >= 15 is 0 Å². The summed E-state index contributed by atoms with van der Waals surface area (Å²) < 4.78 is 15.2. The lowest BCUT2D eigenvalue weighted by atomic mass is 10.1. The molecule has 0 atom stereocenters. The van der Waals surface area contributed by atoms with Gasteiger partial charge in [-0.25, -0.2) is 4.79 Å². The molecule has 0 spiro atoms. The standard InChI is InChI=1S/C19H17ClO5/c1-23-17-9-6-14(11-18(17)24-2)16(21)12-25-19(22)10-5-13-3-7-15(20)8-4-13/h3-11H,12H2,1-2H3/b10-5+. The molecular weight excluding hydrogens is 344 g/mol. The van der Waals surface area contributed by atoms with Crippen LogP contribution in [-0.2, 0) is 9.53 Å². The van der Waals surface area contributed by atoms with E-state index < -0.39 is 5.97 Å². The molecular formula is C19H17ClO5. The van der Waals surface area contributed by atoms with Gasteiger partial charge in [0, 0.05) is 16.7 Å². The van der Waals surface area contributed by atoms with Gasteiger partial charge in [-0.05, 0) is 42.0 Å². The number of hydrogen-bond acceptors (Lipinski definition) is 5. The van der Waals surface area contributed by atoms with Crippen molar-refractivity contribution < 1.29 is 23.8 Å². The molecule has 0 bridgehead atoms. The largest absolute Gasteiger partial charge is 0.493 e. The third kappa shape index (κ3) is 5.36. The molecule has 0 N–H and O–H groups in total. The quantitative estimate of drug-likeness (QED) is 0.427. The van der Waals surface area contributed by atoms with Gasteiger partial charge in [-0.3, -0.25) is 4.79 Å². The molecule has 0 aliphatic carbocycles. The number of carbonyl (C=O) groups is 2. The molecule has 6 heteroatoms. The summed E-state index contributed by atoms with van der Waals surface area (Å²) in [7, 11) is 2.99. The molecule has 0 aliphatic heterocycles. The van der Waals surface area contributed by atoms with E-state index in [0.29, 0.717) is 22.1 Å². The SMILES string of the molecule is COc1ccc(C(=O)COC(=O)/C=C/c2ccc(Cl)cc2)cc1OC. The highest BCUT2D eigenvalue weighted by atomic mass is 35.5. The summed E-state index contributed by atoms with van der Waals surface area (Å²) in [6.45, 7) is -0.362. The Morgan fingerprint density at radius 2 is 1.68 bits per heavy atom. The van der Waals surface area contributed by atoms with E-state index in [4.69, 9.17) is 25.8 Å². The highest BCUT2D eigenvalue weighted by Gasteiger charge is 2.12. The zero-order valence-electron chi connectivity index (χ0n) is 13.8. The molecule has 0 saturated heterocycles. The maximum absolute atomic E-state index is 12.1. The van der Waals surface area contributed by atoms with Gasteiger partial charge in [-0.1, -0.05) is 23.7 Å². The van der Waals surface area contributed by atoms with Crippen molar-refractivity contribution in [3.8, 4) is 11.5 Å². The number of halogens is 1. The Kier molecular flexibility index (Phi) is 6.60. The minimum Gasteiger partial charge on any atom is -0.493 e. The number of benzene rings is 2. The summed E-state index contributed by atoms with van der Waals surface area (Å²) >= 11 is 5.79. The van der Waals surface area contributed by atoms with E-state index in [0.717, 1.165) is 5.56 Å². The first kappa shape index (κ1) is 18.5. The van der Waals surface area contributed by atoms with Crippen LogP contribution in [0.15, 0.2) is 48.5 Å². The van der Waals surface area contributed by atoms with Gasteiger partial charge in [0.15, 0.2) is 23.9 Å². The van der Waals surface area contributed by atoms with Crippen molar-refractivity contribution in [3.63, 3.8) is 0 Å². The zero-order chi connectivity index (χ0) is 18.2. The number of ether oxygens (including phenoxy) is 3. The van der Waals surface area contributed by atoms with Crippen LogP contribution in [0.2, 0.25) is 5.02 Å². The van der Waals surface area contributed by atoms with Crippen LogP contribution in [0.1, 0.15) is 15.9 Å². The molecule has 25 heavy (non-hydrogen) atoms. The number of esters is 1. The summed E-state index contributed by atoms with van der Waals surface area (Å²) in [6, 6.07) is 11.7. The summed E-state index contributed by atoms with van der Waals surface area (Å²) in [5.41, 5.74) is 1.17. The Morgan fingerprint density at radius 3 is 2.32 bits per heavy atom. The average Bonchev–Trinajstić information content (AvgIpc) is 2.64. The number of rotatable bonds is 7. The Morgan fingerprint density at radius 1 is 1.00 bits per heavy atom. The third-order valence-electron chi connectivity index (χ3n) is 3.33. The van der Waals surface area contributed by atoms with Crippen LogP contribution in [0, 0.1) is 0 Å². The fourth-order valence-corrected chi connectivity index (χ4v) is 2.14. The second-order valence-electron chi connectivity index (χ2n) is 4.99. The smallest absolute Gasteiger partial charge is 0.331 e. The van der Waals surface area contributed by atoms with Crippen LogP contribution in [0.5, 0.6) is 11.5 Å². The van der Waals surface area contributed by atoms with Gasteiger partial charge < -0.3 is 14.2 Å². The summed E-state index contributed by atoms with van der Waals surface area (Å²) in [5, 5.41) is 0.611. The van der Waals surface area contributed by atoms with Crippen LogP contribution < -0.4 is 9.47 Å². The highest BCUT2D eigenvalue weighted by Crippen LogP contribution is 2.27. The zero-order valence-corrected chi connectivity index (χ0v) is 14.6. The normalized spacial score (nSPS) is 10.5. The van der Waals surface area contributed by atoms with Gasteiger partial charge in [-0.15, -0.1) is 0 Å². The number of Topliss-reactive ketones (excluding diaryl/α,β-unsaturated/α-hetero) is 1. The molecule has 5 nitrogen and oxygen atoms in total. The van der Waals surface area contributed by atoms with Crippen molar-refractivity contribution in [1.82, 2.24) is 0 Å². The lowest BCUT2D eigenvalue weighted by Crippen LogP contribution is -2.12. The van der Waals surface area contributed by atoms with E-state index in [-0.39, 0.29) is 12.4 Å². The fourth-order valence-electron chi connectivity index (χ4n) is 2.02. The molecule has 2 aromatic rings. The van der Waals surface area contributed by atoms with Crippen LogP contribution in [0.3, 0.4) is 0 Å². The maximum Gasteiger partial charge on any atom is 0.331 e. The van der Waals surface area contributed by atoms with E-state index in [1.54, 1.807) is 48.5 Å². The Labute approximate surface area is 150 Å². The Hall–Kier alpha value is -2.79. The number of hydrogen-bond donors (Lipinski definition) is 0. The van der Waals surface area contributed by atoms with Crippen LogP contribution in [0.25, 0.3) is 6.08 Å². The number of methoxy groups -OCH3 is 2. The Balaban J connectivity index is 1.92. The predicted octanol–water partition coefficient (Wildman–Crippen LogP) is 3.80. The van der Waals surface area contributed by atoms with Crippen molar-refractivity contribution in [2.24, 2.45) is 0 Å². The molecule has 0 fully saturated rings. The van der Waals surface area contributed by atoms with Crippen LogP contribution in [0.4, 0.5) is 0 Å². The molecule has 0 aliphatic rings. The summed E-state index contributed by atoms with van der Waals surface area (Å²) in [5.74, 6) is 0.00206. The minimum atomic E-state index is -0.608. The van der Waals surface area contributed by atoms with Crippen LogP contribution in [-0.4, -0.2) is 32.6 Å².